The van der Waals surface area contributed by atoms with Crippen molar-refractivity contribution in [1.29, 1.82) is 0 Å². The quantitative estimate of drug-likeness (QED) is 0.814. The van der Waals surface area contributed by atoms with Crippen molar-refractivity contribution in [2.75, 3.05) is 32.7 Å². The summed E-state index contributed by atoms with van der Waals surface area (Å²) in [4.78, 5) is 24.1. The molecule has 1 aliphatic rings. The molecule has 22 heavy (non-hydrogen) atoms. The molecule has 0 amide bonds. The number of hydrogen-bond acceptors (Lipinski definition) is 4. The number of halogens is 3. The van der Waals surface area contributed by atoms with E-state index < -0.39 is 18.1 Å². The molecule has 6 nitrogen and oxygen atoms in total. The predicted molar refractivity (Wildman–Crippen MR) is 73.7 cm³/mol. The van der Waals surface area contributed by atoms with Gasteiger partial charge in [-0.05, 0) is 33.4 Å². The van der Waals surface area contributed by atoms with Gasteiger partial charge in [0.05, 0.1) is 6.42 Å². The second-order valence-corrected chi connectivity index (χ2v) is 5.27. The molecule has 0 aliphatic carbocycles. The number of hydrogen-bond donors (Lipinski definition) is 2. The van der Waals surface area contributed by atoms with Crippen molar-refractivity contribution in [1.82, 2.24) is 9.80 Å². The average molecular weight is 328 g/mol. The average Bonchev–Trinajstić information content (AvgIpc) is 2.61. The molecule has 0 atom stereocenters. The molecule has 1 saturated heterocycles. The van der Waals surface area contributed by atoms with Gasteiger partial charge >= 0.3 is 18.1 Å². The van der Waals surface area contributed by atoms with E-state index in [1.165, 1.54) is 0 Å². The van der Waals surface area contributed by atoms with E-state index in [1.807, 2.05) is 0 Å². The van der Waals surface area contributed by atoms with Gasteiger partial charge in [-0.25, -0.2) is 4.79 Å². The van der Waals surface area contributed by atoms with Crippen molar-refractivity contribution in [3.8, 4) is 0 Å². The monoisotopic (exact) mass is 328 g/mol. The fourth-order valence-corrected chi connectivity index (χ4v) is 1.98. The Kier molecular flexibility index (Phi) is 9.03. The summed E-state index contributed by atoms with van der Waals surface area (Å²) in [6.07, 6.45) is -3.67. The minimum atomic E-state index is -5.08. The lowest BCUT2D eigenvalue weighted by Crippen LogP contribution is -2.35. The summed E-state index contributed by atoms with van der Waals surface area (Å²) >= 11 is 0. The zero-order chi connectivity index (χ0) is 17.3. The largest absolute Gasteiger partial charge is 0.490 e. The number of alkyl halides is 3. The maximum absolute atomic E-state index is 10.6. The van der Waals surface area contributed by atoms with Crippen LogP contribution >= 0.6 is 0 Å². The van der Waals surface area contributed by atoms with E-state index in [4.69, 9.17) is 15.0 Å². The van der Waals surface area contributed by atoms with Crippen LogP contribution in [0.25, 0.3) is 0 Å². The van der Waals surface area contributed by atoms with Crippen LogP contribution in [-0.4, -0.2) is 76.9 Å². The van der Waals surface area contributed by atoms with Gasteiger partial charge in [0.1, 0.15) is 0 Å². The summed E-state index contributed by atoms with van der Waals surface area (Å²) in [6.45, 7) is 9.38. The summed E-state index contributed by atoms with van der Waals surface area (Å²) in [6, 6.07) is 0.601. The maximum atomic E-state index is 10.6. The molecule has 0 aromatic rings. The lowest BCUT2D eigenvalue weighted by molar-refractivity contribution is -0.192. The van der Waals surface area contributed by atoms with Crippen LogP contribution in [0.15, 0.2) is 0 Å². The molecule has 130 valence electrons. The van der Waals surface area contributed by atoms with Crippen molar-refractivity contribution in [3.63, 3.8) is 0 Å². The van der Waals surface area contributed by atoms with Crippen LogP contribution in [0.4, 0.5) is 13.2 Å². The van der Waals surface area contributed by atoms with Crippen molar-refractivity contribution >= 4 is 11.9 Å². The molecular formula is C13H23F3N2O4. The Morgan fingerprint density at radius 2 is 1.64 bits per heavy atom. The van der Waals surface area contributed by atoms with Gasteiger partial charge in [0, 0.05) is 25.7 Å². The van der Waals surface area contributed by atoms with E-state index in [2.05, 4.69) is 23.6 Å². The summed E-state index contributed by atoms with van der Waals surface area (Å²) in [7, 11) is 0. The first-order chi connectivity index (χ1) is 10.0. The van der Waals surface area contributed by atoms with Gasteiger partial charge in [0.25, 0.3) is 0 Å². The fourth-order valence-electron chi connectivity index (χ4n) is 1.98. The topological polar surface area (TPSA) is 81.1 Å². The van der Waals surface area contributed by atoms with E-state index >= 15 is 0 Å². The third kappa shape index (κ3) is 9.56. The number of carbonyl (C=O) groups is 2. The second kappa shape index (κ2) is 9.62. The Hall–Kier alpha value is -1.35. The minimum absolute atomic E-state index is 0.266. The van der Waals surface area contributed by atoms with Gasteiger partial charge in [-0.2, -0.15) is 13.2 Å². The van der Waals surface area contributed by atoms with Crippen LogP contribution in [0, 0.1) is 0 Å². The number of carboxylic acids is 2. The van der Waals surface area contributed by atoms with Crippen LogP contribution in [0.3, 0.4) is 0 Å². The highest BCUT2D eigenvalue weighted by Gasteiger charge is 2.38. The first-order valence-corrected chi connectivity index (χ1v) is 7.02. The Morgan fingerprint density at radius 1 is 1.09 bits per heavy atom. The van der Waals surface area contributed by atoms with Crippen LogP contribution in [0.5, 0.6) is 0 Å². The zero-order valence-electron chi connectivity index (χ0n) is 12.8. The highest BCUT2D eigenvalue weighted by Crippen LogP contribution is 2.13. The van der Waals surface area contributed by atoms with E-state index in [0.29, 0.717) is 12.6 Å². The molecular weight excluding hydrogens is 305 g/mol. The molecule has 1 fully saturated rings. The molecule has 2 N–H and O–H groups in total. The van der Waals surface area contributed by atoms with Crippen LogP contribution in [0.2, 0.25) is 0 Å². The molecule has 1 rings (SSSR count). The lowest BCUT2D eigenvalue weighted by Gasteiger charge is -2.24. The standard InChI is InChI=1S/C11H22N2O2.C2HF3O2/c1-10(2)13-6-3-5-12(8-9-13)7-4-11(14)15;3-2(4,5)1(6)7/h10H,3-9H2,1-2H3,(H,14,15);(H,6,7). The number of nitrogens with zero attached hydrogens (tertiary/aromatic N) is 2. The molecule has 1 aliphatic heterocycles. The highest BCUT2D eigenvalue weighted by molar-refractivity contribution is 5.73. The Morgan fingerprint density at radius 3 is 2.05 bits per heavy atom. The summed E-state index contributed by atoms with van der Waals surface area (Å²) < 4.78 is 31.7. The molecule has 0 aromatic carbocycles. The molecule has 0 spiro atoms. The van der Waals surface area contributed by atoms with Crippen LogP contribution in [-0.2, 0) is 9.59 Å². The molecule has 9 heteroatoms. The maximum Gasteiger partial charge on any atom is 0.490 e. The molecule has 1 heterocycles. The smallest absolute Gasteiger partial charge is 0.481 e. The van der Waals surface area contributed by atoms with E-state index in [9.17, 15) is 18.0 Å². The molecule has 0 bridgehead atoms. The van der Waals surface area contributed by atoms with E-state index in [0.717, 1.165) is 32.6 Å². The summed E-state index contributed by atoms with van der Waals surface area (Å²) in [5.41, 5.74) is 0. The molecule has 0 saturated carbocycles. The number of aliphatic carboxylic acids is 2. The van der Waals surface area contributed by atoms with Gasteiger partial charge in [-0.3, -0.25) is 9.69 Å². The van der Waals surface area contributed by atoms with Crippen molar-refractivity contribution in [2.24, 2.45) is 0 Å². The Labute approximate surface area is 127 Å². The van der Waals surface area contributed by atoms with Gasteiger partial charge < -0.3 is 15.1 Å². The second-order valence-electron chi connectivity index (χ2n) is 5.27. The number of rotatable bonds is 4. The SMILES string of the molecule is CC(C)N1CCCN(CCC(=O)O)CC1.O=C(O)C(F)(F)F. The van der Waals surface area contributed by atoms with Crippen molar-refractivity contribution < 1.29 is 33.0 Å². The van der Waals surface area contributed by atoms with Crippen LogP contribution < -0.4 is 0 Å². The molecule has 0 radical (unpaired) electrons. The Balaban J connectivity index is 0.000000534. The summed E-state index contributed by atoms with van der Waals surface area (Å²) in [5, 5.41) is 15.7. The first kappa shape index (κ1) is 20.6. The Bertz CT molecular complexity index is 362. The van der Waals surface area contributed by atoms with Crippen molar-refractivity contribution in [3.05, 3.63) is 0 Å². The van der Waals surface area contributed by atoms with E-state index in [1.54, 1.807) is 0 Å². The summed E-state index contributed by atoms with van der Waals surface area (Å²) in [5.74, 6) is -3.45. The fraction of sp³-hybridized carbons (Fsp3) is 0.846. The minimum Gasteiger partial charge on any atom is -0.481 e. The molecule has 0 aromatic heterocycles. The lowest BCUT2D eigenvalue weighted by atomic mass is 10.3. The third-order valence-corrected chi connectivity index (χ3v) is 3.24. The van der Waals surface area contributed by atoms with Gasteiger partial charge in [0.15, 0.2) is 0 Å². The van der Waals surface area contributed by atoms with Gasteiger partial charge in [0.2, 0.25) is 0 Å². The third-order valence-electron chi connectivity index (χ3n) is 3.24. The molecule has 0 unspecified atom stereocenters. The van der Waals surface area contributed by atoms with Gasteiger partial charge in [-0.1, -0.05) is 0 Å². The number of carboxylic acid groups (broad SMARTS) is 2. The highest BCUT2D eigenvalue weighted by atomic mass is 19.4. The normalized spacial score (nSPS) is 17.5. The van der Waals surface area contributed by atoms with Gasteiger partial charge in [-0.15, -0.1) is 0 Å². The van der Waals surface area contributed by atoms with Crippen molar-refractivity contribution in [2.45, 2.75) is 38.9 Å². The van der Waals surface area contributed by atoms with E-state index in [-0.39, 0.29) is 6.42 Å². The predicted octanol–water partition coefficient (Wildman–Crippen LogP) is 1.51. The first-order valence-electron chi connectivity index (χ1n) is 7.02. The van der Waals surface area contributed by atoms with Crippen LogP contribution in [0.1, 0.15) is 26.7 Å². The zero-order valence-corrected chi connectivity index (χ0v) is 12.8.